The zero-order chi connectivity index (χ0) is 14.4. The third-order valence-electron chi connectivity index (χ3n) is 4.13. The lowest BCUT2D eigenvalue weighted by Crippen LogP contribution is -2.49. The van der Waals surface area contributed by atoms with E-state index in [2.05, 4.69) is 5.32 Å². The van der Waals surface area contributed by atoms with Crippen molar-refractivity contribution in [2.75, 3.05) is 0 Å². The van der Waals surface area contributed by atoms with Gasteiger partial charge in [0.25, 0.3) is 0 Å². The molecule has 0 aromatic carbocycles. The van der Waals surface area contributed by atoms with Crippen molar-refractivity contribution in [3.05, 3.63) is 0 Å². The van der Waals surface area contributed by atoms with Crippen molar-refractivity contribution in [1.82, 2.24) is 5.32 Å². The van der Waals surface area contributed by atoms with Crippen LogP contribution in [0.3, 0.4) is 0 Å². The highest BCUT2D eigenvalue weighted by Crippen LogP contribution is 2.29. The summed E-state index contributed by atoms with van der Waals surface area (Å²) >= 11 is 0. The third kappa shape index (κ3) is 5.21. The average molecular weight is 268 g/mol. The highest BCUT2D eigenvalue weighted by molar-refractivity contribution is 5.87. The van der Waals surface area contributed by atoms with Crippen LogP contribution in [-0.2, 0) is 9.59 Å². The van der Waals surface area contributed by atoms with Gasteiger partial charge in [-0.15, -0.1) is 0 Å². The van der Waals surface area contributed by atoms with E-state index in [0.717, 1.165) is 6.42 Å². The topological polar surface area (TPSA) is 72.2 Å². The molecule has 1 fully saturated rings. The van der Waals surface area contributed by atoms with Crippen LogP contribution in [0.25, 0.3) is 0 Å². The number of rotatable bonds is 6. The van der Waals surface area contributed by atoms with Crippen LogP contribution < -0.4 is 11.1 Å². The van der Waals surface area contributed by atoms with Crippen molar-refractivity contribution >= 4 is 11.8 Å². The molecular formula is C15H28N2O2. The number of hydrogen-bond donors (Lipinski definition) is 2. The molecule has 0 saturated heterocycles. The molecular weight excluding hydrogens is 240 g/mol. The van der Waals surface area contributed by atoms with Gasteiger partial charge < -0.3 is 11.1 Å². The third-order valence-corrected chi connectivity index (χ3v) is 4.13. The fraction of sp³-hybridized carbons (Fsp3) is 0.867. The maximum atomic E-state index is 12.1. The first-order valence-corrected chi connectivity index (χ1v) is 7.51. The van der Waals surface area contributed by atoms with Crippen LogP contribution in [0.1, 0.15) is 59.3 Å². The van der Waals surface area contributed by atoms with E-state index in [-0.39, 0.29) is 17.7 Å². The molecule has 19 heavy (non-hydrogen) atoms. The van der Waals surface area contributed by atoms with Gasteiger partial charge in [0.05, 0.1) is 0 Å². The molecule has 1 aliphatic rings. The summed E-state index contributed by atoms with van der Waals surface area (Å²) in [7, 11) is 0. The van der Waals surface area contributed by atoms with Crippen molar-refractivity contribution in [2.24, 2.45) is 23.5 Å². The van der Waals surface area contributed by atoms with Crippen LogP contribution in [0.15, 0.2) is 0 Å². The predicted octanol–water partition coefficient (Wildman–Crippen LogP) is 2.22. The van der Waals surface area contributed by atoms with Crippen molar-refractivity contribution in [1.29, 1.82) is 0 Å². The zero-order valence-electron chi connectivity index (χ0n) is 12.4. The van der Waals surface area contributed by atoms with Gasteiger partial charge >= 0.3 is 0 Å². The van der Waals surface area contributed by atoms with Gasteiger partial charge in [-0.3, -0.25) is 9.59 Å². The van der Waals surface area contributed by atoms with Gasteiger partial charge in [0.1, 0.15) is 6.04 Å². The Hall–Kier alpha value is -1.06. The highest BCUT2D eigenvalue weighted by atomic mass is 16.2. The van der Waals surface area contributed by atoms with Crippen LogP contribution in [0, 0.1) is 17.8 Å². The molecule has 1 saturated carbocycles. The number of hydrogen-bond acceptors (Lipinski definition) is 2. The first-order valence-electron chi connectivity index (χ1n) is 7.51. The number of nitrogens with two attached hydrogens (primary N) is 1. The molecule has 0 aromatic heterocycles. The first-order chi connectivity index (χ1) is 8.91. The molecule has 1 aliphatic carbocycles. The molecule has 2 atom stereocenters. The van der Waals surface area contributed by atoms with Crippen molar-refractivity contribution in [2.45, 2.75) is 65.3 Å². The molecule has 110 valence electrons. The quantitative estimate of drug-likeness (QED) is 0.775. The van der Waals surface area contributed by atoms with Gasteiger partial charge in [-0.25, -0.2) is 0 Å². The fourth-order valence-corrected chi connectivity index (χ4v) is 2.89. The molecule has 0 heterocycles. The summed E-state index contributed by atoms with van der Waals surface area (Å²) in [5.41, 5.74) is 5.32. The zero-order valence-corrected chi connectivity index (χ0v) is 12.4. The molecule has 0 bridgehead atoms. The predicted molar refractivity (Wildman–Crippen MR) is 76.3 cm³/mol. The Kier molecular flexibility index (Phi) is 6.32. The molecule has 0 spiro atoms. The molecule has 4 heteroatoms. The number of nitrogens with one attached hydrogen (secondary N) is 1. The lowest BCUT2D eigenvalue weighted by molar-refractivity contribution is -0.130. The van der Waals surface area contributed by atoms with Gasteiger partial charge in [0.2, 0.25) is 11.8 Å². The Morgan fingerprint density at radius 2 is 1.74 bits per heavy atom. The Bertz CT molecular complexity index is 309. The van der Waals surface area contributed by atoms with E-state index in [4.69, 9.17) is 5.73 Å². The monoisotopic (exact) mass is 268 g/mol. The smallest absolute Gasteiger partial charge is 0.240 e. The summed E-state index contributed by atoms with van der Waals surface area (Å²) in [4.78, 5) is 23.4. The number of amides is 2. The molecule has 2 amide bonds. The Labute approximate surface area is 116 Å². The molecule has 3 N–H and O–H groups in total. The van der Waals surface area contributed by atoms with E-state index < -0.39 is 11.9 Å². The summed E-state index contributed by atoms with van der Waals surface area (Å²) in [6.45, 7) is 5.73. The van der Waals surface area contributed by atoms with Crippen LogP contribution >= 0.6 is 0 Å². The van der Waals surface area contributed by atoms with Gasteiger partial charge in [-0.2, -0.15) is 0 Å². The molecule has 4 nitrogen and oxygen atoms in total. The lowest BCUT2D eigenvalue weighted by Gasteiger charge is -2.26. The maximum Gasteiger partial charge on any atom is 0.240 e. The second-order valence-corrected chi connectivity index (χ2v) is 6.27. The SMILES string of the molecule is CC(C)[C@H](NC(=O)[C@@H](C)CC1CCCCC1)C(N)=O. The lowest BCUT2D eigenvalue weighted by atomic mass is 9.83. The molecule has 0 aliphatic heterocycles. The Morgan fingerprint density at radius 3 is 2.21 bits per heavy atom. The summed E-state index contributed by atoms with van der Waals surface area (Å²) < 4.78 is 0. The van der Waals surface area contributed by atoms with Crippen LogP contribution in [0.5, 0.6) is 0 Å². The van der Waals surface area contributed by atoms with Crippen LogP contribution in [0.4, 0.5) is 0 Å². The minimum absolute atomic E-state index is 0.0309. The Morgan fingerprint density at radius 1 is 1.16 bits per heavy atom. The highest BCUT2D eigenvalue weighted by Gasteiger charge is 2.26. The summed E-state index contributed by atoms with van der Waals surface area (Å²) in [6, 6.07) is -0.554. The normalized spacial score (nSPS) is 20.0. The molecule has 1 rings (SSSR count). The molecule has 0 unspecified atom stereocenters. The van der Waals surface area contributed by atoms with E-state index in [1.165, 1.54) is 32.1 Å². The largest absolute Gasteiger partial charge is 0.368 e. The second-order valence-electron chi connectivity index (χ2n) is 6.27. The summed E-state index contributed by atoms with van der Waals surface area (Å²) in [5.74, 6) is 0.170. The number of carbonyl (C=O) groups excluding carboxylic acids is 2. The Balaban J connectivity index is 2.44. The van der Waals surface area contributed by atoms with Crippen molar-refractivity contribution < 1.29 is 9.59 Å². The van der Waals surface area contributed by atoms with Crippen LogP contribution in [-0.4, -0.2) is 17.9 Å². The standard InChI is InChI=1S/C15H28N2O2/c1-10(2)13(14(16)18)17-15(19)11(3)9-12-7-5-4-6-8-12/h10-13H,4-9H2,1-3H3,(H2,16,18)(H,17,19)/t11-,13-/m0/s1. The van der Waals surface area contributed by atoms with Crippen molar-refractivity contribution in [3.8, 4) is 0 Å². The van der Waals surface area contributed by atoms with Gasteiger partial charge in [0, 0.05) is 5.92 Å². The van der Waals surface area contributed by atoms with Crippen molar-refractivity contribution in [3.63, 3.8) is 0 Å². The molecule has 0 aromatic rings. The fourth-order valence-electron chi connectivity index (χ4n) is 2.89. The minimum Gasteiger partial charge on any atom is -0.368 e. The maximum absolute atomic E-state index is 12.1. The van der Waals surface area contributed by atoms with E-state index >= 15 is 0 Å². The number of primary amides is 1. The summed E-state index contributed by atoms with van der Waals surface area (Å²) in [6.07, 6.45) is 7.30. The van der Waals surface area contributed by atoms with Gasteiger partial charge in [-0.05, 0) is 18.3 Å². The van der Waals surface area contributed by atoms with Gasteiger partial charge in [0.15, 0.2) is 0 Å². The molecule has 0 radical (unpaired) electrons. The number of carbonyl (C=O) groups is 2. The van der Waals surface area contributed by atoms with E-state index in [1.54, 1.807) is 0 Å². The average Bonchev–Trinajstić information content (AvgIpc) is 2.35. The van der Waals surface area contributed by atoms with Gasteiger partial charge in [-0.1, -0.05) is 52.9 Å². The van der Waals surface area contributed by atoms with E-state index in [1.807, 2.05) is 20.8 Å². The van der Waals surface area contributed by atoms with Crippen LogP contribution in [0.2, 0.25) is 0 Å². The minimum atomic E-state index is -0.554. The summed E-state index contributed by atoms with van der Waals surface area (Å²) in [5, 5.41) is 2.79. The van der Waals surface area contributed by atoms with E-state index in [0.29, 0.717) is 5.92 Å². The first kappa shape index (κ1) is 16.0. The van der Waals surface area contributed by atoms with E-state index in [9.17, 15) is 9.59 Å². The second kappa shape index (κ2) is 7.51.